The van der Waals surface area contributed by atoms with Crippen LogP contribution >= 0.6 is 0 Å². The normalized spacial score (nSPS) is 52.2. The molecule has 2 heteroatoms. The molecule has 22 heavy (non-hydrogen) atoms. The molecular weight excluding hydrogens is 272 g/mol. The summed E-state index contributed by atoms with van der Waals surface area (Å²) in [5, 5.41) is 10.2. The number of hydrogen-bond acceptors (Lipinski definition) is 2. The van der Waals surface area contributed by atoms with Gasteiger partial charge in [0, 0.05) is 12.3 Å². The van der Waals surface area contributed by atoms with Gasteiger partial charge in [-0.1, -0.05) is 30.7 Å². The summed E-state index contributed by atoms with van der Waals surface area (Å²) in [7, 11) is 0. The Balaban J connectivity index is 1.65. The fourth-order valence-corrected chi connectivity index (χ4v) is 6.16. The van der Waals surface area contributed by atoms with Crippen LogP contribution in [0.4, 0.5) is 0 Å². The van der Waals surface area contributed by atoms with Crippen molar-refractivity contribution in [3.8, 4) is 0 Å². The number of hydrogen-bond donors (Lipinski definition) is 1. The van der Waals surface area contributed by atoms with Gasteiger partial charge in [0.25, 0.3) is 0 Å². The van der Waals surface area contributed by atoms with E-state index >= 15 is 0 Å². The first-order valence-electron chi connectivity index (χ1n) is 8.96. The van der Waals surface area contributed by atoms with Gasteiger partial charge in [0.2, 0.25) is 0 Å². The number of aliphatic hydroxyl groups excluding tert-OH is 1. The first-order valence-corrected chi connectivity index (χ1v) is 8.96. The van der Waals surface area contributed by atoms with E-state index in [1.54, 1.807) is 5.57 Å². The number of fused-ring (bicyclic) bond motifs is 1. The Kier molecular flexibility index (Phi) is 2.44. The lowest BCUT2D eigenvalue weighted by Crippen LogP contribution is -2.54. The average Bonchev–Trinajstić information content (AvgIpc) is 2.95. The molecule has 1 unspecified atom stereocenters. The van der Waals surface area contributed by atoms with Gasteiger partial charge in [-0.3, -0.25) is 0 Å². The van der Waals surface area contributed by atoms with Gasteiger partial charge in [0.05, 0.1) is 17.3 Å². The van der Waals surface area contributed by atoms with E-state index < -0.39 is 0 Å². The summed E-state index contributed by atoms with van der Waals surface area (Å²) in [5.74, 6) is 0.580. The van der Waals surface area contributed by atoms with Crippen molar-refractivity contribution in [3.63, 3.8) is 0 Å². The van der Waals surface area contributed by atoms with E-state index in [0.717, 1.165) is 44.9 Å². The molecule has 0 radical (unpaired) electrons. The smallest absolute Gasteiger partial charge is 0.0980 e. The summed E-state index contributed by atoms with van der Waals surface area (Å²) < 4.78 is 6.95. The molecule has 2 aliphatic heterocycles. The van der Waals surface area contributed by atoms with E-state index in [2.05, 4.69) is 32.1 Å². The Hall–Kier alpha value is -0.860. The fraction of sp³-hybridized carbons (Fsp3) is 0.700. The van der Waals surface area contributed by atoms with Crippen LogP contribution in [0.2, 0.25) is 0 Å². The van der Waals surface area contributed by atoms with Crippen molar-refractivity contribution in [2.24, 2.45) is 11.3 Å². The highest BCUT2D eigenvalue weighted by molar-refractivity contribution is 5.49. The van der Waals surface area contributed by atoms with Crippen molar-refractivity contribution in [1.82, 2.24) is 0 Å². The highest BCUT2D eigenvalue weighted by Gasteiger charge is 2.64. The highest BCUT2D eigenvalue weighted by atomic mass is 16.5. The van der Waals surface area contributed by atoms with E-state index in [1.807, 2.05) is 0 Å². The number of allylic oxidation sites excluding steroid dienone is 3. The van der Waals surface area contributed by atoms with Crippen LogP contribution in [0.25, 0.3) is 0 Å². The summed E-state index contributed by atoms with van der Waals surface area (Å²) in [6.45, 7) is 4.73. The zero-order valence-corrected chi connectivity index (χ0v) is 13.7. The molecule has 2 spiro atoms. The maximum atomic E-state index is 10.2. The summed E-state index contributed by atoms with van der Waals surface area (Å²) >= 11 is 0. The first kappa shape index (κ1) is 13.6. The minimum atomic E-state index is -0.184. The van der Waals surface area contributed by atoms with E-state index in [4.69, 9.17) is 4.74 Å². The lowest BCUT2D eigenvalue weighted by molar-refractivity contribution is -0.141. The quantitative estimate of drug-likeness (QED) is 0.683. The Morgan fingerprint density at radius 2 is 2.14 bits per heavy atom. The molecule has 1 N–H and O–H groups in total. The van der Waals surface area contributed by atoms with Crippen LogP contribution in [-0.4, -0.2) is 22.4 Å². The molecule has 0 aromatic heterocycles. The Morgan fingerprint density at radius 1 is 1.27 bits per heavy atom. The highest BCUT2D eigenvalue weighted by Crippen LogP contribution is 2.66. The molecule has 1 saturated carbocycles. The van der Waals surface area contributed by atoms with Gasteiger partial charge in [-0.05, 0) is 62.0 Å². The minimum Gasteiger partial charge on any atom is -0.393 e. The van der Waals surface area contributed by atoms with E-state index in [1.165, 1.54) is 11.1 Å². The largest absolute Gasteiger partial charge is 0.393 e. The van der Waals surface area contributed by atoms with E-state index in [0.29, 0.717) is 5.92 Å². The molecule has 2 heterocycles. The van der Waals surface area contributed by atoms with Crippen LogP contribution in [0.15, 0.2) is 34.9 Å². The molecule has 1 saturated heterocycles. The molecule has 5 rings (SSSR count). The third kappa shape index (κ3) is 1.40. The lowest BCUT2D eigenvalue weighted by Gasteiger charge is -2.53. The third-order valence-corrected chi connectivity index (χ3v) is 7.63. The van der Waals surface area contributed by atoms with Gasteiger partial charge in [-0.15, -0.1) is 0 Å². The Morgan fingerprint density at radius 3 is 3.00 bits per heavy atom. The Labute approximate surface area is 132 Å². The zero-order chi connectivity index (χ0) is 15.2. The molecule has 0 aromatic rings. The maximum Gasteiger partial charge on any atom is 0.0980 e. The summed E-state index contributed by atoms with van der Waals surface area (Å²) in [4.78, 5) is 0. The van der Waals surface area contributed by atoms with Gasteiger partial charge < -0.3 is 9.84 Å². The molecule has 5 atom stereocenters. The van der Waals surface area contributed by atoms with Gasteiger partial charge in [-0.2, -0.15) is 0 Å². The van der Waals surface area contributed by atoms with Crippen LogP contribution in [0.5, 0.6) is 0 Å². The molecule has 2 nitrogen and oxygen atoms in total. The SMILES string of the molecule is CC1=CC[C@@H]2[C@]1(C)CC=C1C=C3CCC(O)C[C@]34CC[C@@]12O4. The van der Waals surface area contributed by atoms with Gasteiger partial charge >= 0.3 is 0 Å². The fourth-order valence-electron chi connectivity index (χ4n) is 6.16. The van der Waals surface area contributed by atoms with E-state index in [9.17, 15) is 5.11 Å². The van der Waals surface area contributed by atoms with Crippen LogP contribution in [0, 0.1) is 11.3 Å². The number of ether oxygens (including phenoxy) is 1. The third-order valence-electron chi connectivity index (χ3n) is 7.63. The summed E-state index contributed by atoms with van der Waals surface area (Å²) in [6, 6.07) is 0. The molecule has 0 amide bonds. The minimum absolute atomic E-state index is 0.0815. The van der Waals surface area contributed by atoms with Crippen LogP contribution in [0.3, 0.4) is 0 Å². The molecular formula is C20H26O2. The van der Waals surface area contributed by atoms with Gasteiger partial charge in [0.15, 0.2) is 0 Å². The van der Waals surface area contributed by atoms with Crippen LogP contribution in [0.1, 0.15) is 58.8 Å². The second-order valence-electron chi connectivity index (χ2n) is 8.51. The van der Waals surface area contributed by atoms with Crippen molar-refractivity contribution in [2.75, 3.05) is 0 Å². The molecule has 3 aliphatic carbocycles. The van der Waals surface area contributed by atoms with Crippen molar-refractivity contribution >= 4 is 0 Å². The molecule has 2 bridgehead atoms. The van der Waals surface area contributed by atoms with Crippen LogP contribution < -0.4 is 0 Å². The molecule has 0 aromatic carbocycles. The maximum absolute atomic E-state index is 10.2. The second kappa shape index (κ2) is 3.96. The van der Waals surface area contributed by atoms with Gasteiger partial charge in [0.1, 0.15) is 0 Å². The predicted octanol–water partition coefficient (Wildman–Crippen LogP) is 4.06. The van der Waals surface area contributed by atoms with Gasteiger partial charge in [-0.25, -0.2) is 0 Å². The first-order chi connectivity index (χ1) is 10.5. The number of aliphatic hydroxyl groups is 1. The van der Waals surface area contributed by atoms with Crippen molar-refractivity contribution in [1.29, 1.82) is 0 Å². The number of rotatable bonds is 0. The van der Waals surface area contributed by atoms with Crippen molar-refractivity contribution in [2.45, 2.75) is 76.1 Å². The molecule has 118 valence electrons. The Bertz CT molecular complexity index is 642. The van der Waals surface area contributed by atoms with E-state index in [-0.39, 0.29) is 22.7 Å². The molecule has 2 fully saturated rings. The standard InChI is InChI=1S/C20H26O2/c1-13-3-6-17-18(13,2)8-7-15-11-14-4-5-16(21)12-19(14)9-10-20(15,17)22-19/h3,7,11,16-17,21H,4-6,8-10,12H2,1-2H3/t16?,17-,18-,19-,20-/m1/s1. The molecule has 5 aliphatic rings. The lowest BCUT2D eigenvalue weighted by atomic mass is 9.59. The average molecular weight is 298 g/mol. The predicted molar refractivity (Wildman–Crippen MR) is 86.4 cm³/mol. The summed E-state index contributed by atoms with van der Waals surface area (Å²) in [6.07, 6.45) is 14.4. The topological polar surface area (TPSA) is 29.5 Å². The van der Waals surface area contributed by atoms with Crippen molar-refractivity contribution in [3.05, 3.63) is 34.9 Å². The zero-order valence-electron chi connectivity index (χ0n) is 13.7. The summed E-state index contributed by atoms with van der Waals surface area (Å²) in [5.41, 5.74) is 4.50. The van der Waals surface area contributed by atoms with Crippen molar-refractivity contribution < 1.29 is 9.84 Å². The second-order valence-corrected chi connectivity index (χ2v) is 8.51. The monoisotopic (exact) mass is 298 g/mol. The van der Waals surface area contributed by atoms with Crippen LogP contribution in [-0.2, 0) is 4.74 Å².